The molecule has 3 nitrogen and oxygen atoms in total. The van der Waals surface area contributed by atoms with Crippen LogP contribution in [0.15, 0.2) is 42.5 Å². The normalized spacial score (nSPS) is 32.3. The Morgan fingerprint density at radius 3 is 2.07 bits per heavy atom. The number of ketones is 1. The monoisotopic (exact) mass is 357 g/mol. The molecule has 1 amide bonds. The number of fused-ring (bicyclic) bond motifs is 3. The summed E-state index contributed by atoms with van der Waals surface area (Å²) in [5.41, 5.74) is 3.94. The van der Waals surface area contributed by atoms with E-state index in [1.54, 1.807) is 6.07 Å². The van der Waals surface area contributed by atoms with Gasteiger partial charge in [0.05, 0.1) is 0 Å². The van der Waals surface area contributed by atoms with E-state index in [9.17, 15) is 9.59 Å². The summed E-state index contributed by atoms with van der Waals surface area (Å²) in [6, 6.07) is 13.3. The van der Waals surface area contributed by atoms with Gasteiger partial charge in [0.15, 0.2) is 5.78 Å². The topological polar surface area (TPSA) is 46.2 Å². The second-order valence-electron chi connectivity index (χ2n) is 9.29. The van der Waals surface area contributed by atoms with E-state index in [0.717, 1.165) is 53.7 Å². The van der Waals surface area contributed by atoms with Crippen molar-refractivity contribution in [2.24, 2.45) is 17.8 Å². The molecule has 0 saturated heterocycles. The van der Waals surface area contributed by atoms with Crippen molar-refractivity contribution in [1.29, 1.82) is 0 Å². The Hall–Kier alpha value is -2.42. The summed E-state index contributed by atoms with van der Waals surface area (Å²) in [4.78, 5) is 25.8. The van der Waals surface area contributed by atoms with Crippen molar-refractivity contribution in [1.82, 2.24) is 5.32 Å². The average molecular weight is 357 g/mol. The number of carbonyl (C=O) groups excluding carboxylic acids is 2. The molecule has 0 atom stereocenters. The molecule has 0 radical (unpaired) electrons. The Kier molecular flexibility index (Phi) is 3.07. The first-order valence-electron chi connectivity index (χ1n) is 10.2. The Morgan fingerprint density at radius 2 is 1.41 bits per heavy atom. The number of carbonyl (C=O) groups is 2. The molecule has 2 aromatic carbocycles. The summed E-state index contributed by atoms with van der Waals surface area (Å²) in [5.74, 6) is 2.42. The number of amides is 1. The van der Waals surface area contributed by atoms with Gasteiger partial charge in [-0.05, 0) is 79.5 Å². The Labute approximate surface area is 159 Å². The highest BCUT2D eigenvalue weighted by molar-refractivity contribution is 6.22. The minimum Gasteiger partial charge on any atom is -0.347 e. The van der Waals surface area contributed by atoms with Gasteiger partial charge in [-0.25, -0.2) is 0 Å². The van der Waals surface area contributed by atoms with Crippen molar-refractivity contribution in [3.63, 3.8) is 0 Å². The van der Waals surface area contributed by atoms with E-state index in [-0.39, 0.29) is 17.2 Å². The number of benzene rings is 2. The van der Waals surface area contributed by atoms with Gasteiger partial charge in [-0.2, -0.15) is 0 Å². The molecule has 136 valence electrons. The van der Waals surface area contributed by atoms with Crippen molar-refractivity contribution in [3.05, 3.63) is 59.2 Å². The fourth-order valence-electron chi connectivity index (χ4n) is 6.75. The van der Waals surface area contributed by atoms with Gasteiger partial charge >= 0.3 is 0 Å². The largest absolute Gasteiger partial charge is 0.347 e. The molecule has 4 fully saturated rings. The molecule has 27 heavy (non-hydrogen) atoms. The first kappa shape index (κ1) is 15.6. The van der Waals surface area contributed by atoms with Crippen LogP contribution in [0, 0.1) is 17.8 Å². The van der Waals surface area contributed by atoms with Crippen molar-refractivity contribution in [3.8, 4) is 11.1 Å². The van der Waals surface area contributed by atoms with Gasteiger partial charge in [0, 0.05) is 22.2 Å². The number of rotatable bonds is 2. The molecule has 0 heterocycles. The molecule has 0 aromatic heterocycles. The molecule has 7 rings (SSSR count). The Morgan fingerprint density at radius 1 is 0.815 bits per heavy atom. The van der Waals surface area contributed by atoms with Gasteiger partial charge in [0.1, 0.15) is 0 Å². The highest BCUT2D eigenvalue weighted by atomic mass is 16.2. The SMILES string of the molecule is O=C(NC12CC3CC(CC(C3)C1)C2)c1ccc2c(c1)C(=O)c1ccccc1-2. The zero-order valence-electron chi connectivity index (χ0n) is 15.3. The molecular formula is C24H23NO2. The molecular weight excluding hydrogens is 334 g/mol. The molecule has 0 aliphatic heterocycles. The van der Waals surface area contributed by atoms with Gasteiger partial charge in [0.25, 0.3) is 5.91 Å². The number of hydrogen-bond donors (Lipinski definition) is 1. The highest BCUT2D eigenvalue weighted by Crippen LogP contribution is 2.55. The van der Waals surface area contributed by atoms with Crippen LogP contribution in [0.4, 0.5) is 0 Å². The third kappa shape index (κ3) is 2.27. The fraction of sp³-hybridized carbons (Fsp3) is 0.417. The summed E-state index contributed by atoms with van der Waals surface area (Å²) in [7, 11) is 0. The van der Waals surface area contributed by atoms with Crippen LogP contribution in [0.25, 0.3) is 11.1 Å². The predicted molar refractivity (Wildman–Crippen MR) is 104 cm³/mol. The molecule has 4 bridgehead atoms. The molecule has 4 saturated carbocycles. The van der Waals surface area contributed by atoms with Crippen LogP contribution in [0.3, 0.4) is 0 Å². The third-order valence-electron chi connectivity index (χ3n) is 7.41. The molecule has 1 N–H and O–H groups in total. The van der Waals surface area contributed by atoms with Crippen molar-refractivity contribution >= 4 is 11.7 Å². The zero-order chi connectivity index (χ0) is 18.2. The molecule has 3 heteroatoms. The third-order valence-corrected chi connectivity index (χ3v) is 7.41. The van der Waals surface area contributed by atoms with Crippen LogP contribution in [0.1, 0.15) is 64.8 Å². The predicted octanol–water partition coefficient (Wildman–Crippen LogP) is 4.60. The van der Waals surface area contributed by atoms with Gasteiger partial charge in [0.2, 0.25) is 0 Å². The van der Waals surface area contributed by atoms with E-state index in [0.29, 0.717) is 11.1 Å². The van der Waals surface area contributed by atoms with Crippen LogP contribution < -0.4 is 5.32 Å². The van der Waals surface area contributed by atoms with E-state index in [2.05, 4.69) is 5.32 Å². The fourth-order valence-corrected chi connectivity index (χ4v) is 6.75. The van der Waals surface area contributed by atoms with Crippen molar-refractivity contribution < 1.29 is 9.59 Å². The summed E-state index contributed by atoms with van der Waals surface area (Å²) in [6.07, 6.45) is 7.50. The second-order valence-corrected chi connectivity index (χ2v) is 9.29. The summed E-state index contributed by atoms with van der Waals surface area (Å²) in [5, 5.41) is 3.42. The van der Waals surface area contributed by atoms with Crippen LogP contribution in [0.5, 0.6) is 0 Å². The Balaban J connectivity index is 1.30. The zero-order valence-corrected chi connectivity index (χ0v) is 15.3. The Bertz CT molecular complexity index is 954. The lowest BCUT2D eigenvalue weighted by molar-refractivity contribution is -0.0167. The molecule has 5 aliphatic carbocycles. The first-order valence-corrected chi connectivity index (χ1v) is 10.2. The van der Waals surface area contributed by atoms with Crippen molar-refractivity contribution in [2.75, 3.05) is 0 Å². The lowest BCUT2D eigenvalue weighted by Gasteiger charge is -2.56. The summed E-state index contributed by atoms with van der Waals surface area (Å²) >= 11 is 0. The van der Waals surface area contributed by atoms with Gasteiger partial charge in [-0.15, -0.1) is 0 Å². The molecule has 5 aliphatic rings. The van der Waals surface area contributed by atoms with E-state index >= 15 is 0 Å². The van der Waals surface area contributed by atoms with E-state index in [4.69, 9.17) is 0 Å². The maximum atomic E-state index is 13.1. The second kappa shape index (κ2) is 5.31. The van der Waals surface area contributed by atoms with Gasteiger partial charge in [-0.3, -0.25) is 9.59 Å². The maximum absolute atomic E-state index is 13.1. The first-order chi connectivity index (χ1) is 13.1. The van der Waals surface area contributed by atoms with E-state index < -0.39 is 0 Å². The van der Waals surface area contributed by atoms with E-state index in [1.807, 2.05) is 36.4 Å². The van der Waals surface area contributed by atoms with Crippen LogP contribution in [-0.4, -0.2) is 17.2 Å². The lowest BCUT2D eigenvalue weighted by Crippen LogP contribution is -2.59. The smallest absolute Gasteiger partial charge is 0.251 e. The minimum absolute atomic E-state index is 0.00216. The van der Waals surface area contributed by atoms with E-state index in [1.165, 1.54) is 19.3 Å². The average Bonchev–Trinajstić information content (AvgIpc) is 2.93. The number of nitrogens with one attached hydrogen (secondary N) is 1. The molecule has 0 unspecified atom stereocenters. The highest BCUT2D eigenvalue weighted by Gasteiger charge is 2.51. The molecule has 0 spiro atoms. The summed E-state index contributed by atoms with van der Waals surface area (Å²) < 4.78 is 0. The standard InChI is InChI=1S/C24H23NO2/c26-22-20-4-2-1-3-18(20)19-6-5-17(10-21(19)22)23(27)25-24-11-14-7-15(12-24)9-16(8-14)13-24/h1-6,10,14-16H,7-9,11-13H2,(H,25,27). The lowest BCUT2D eigenvalue weighted by atomic mass is 9.53. The van der Waals surface area contributed by atoms with Gasteiger partial charge in [-0.1, -0.05) is 30.3 Å². The van der Waals surface area contributed by atoms with Crippen molar-refractivity contribution in [2.45, 2.75) is 44.1 Å². The van der Waals surface area contributed by atoms with Gasteiger partial charge < -0.3 is 5.32 Å². The minimum atomic E-state index is -0.0106. The van der Waals surface area contributed by atoms with Crippen LogP contribution in [-0.2, 0) is 0 Å². The maximum Gasteiger partial charge on any atom is 0.251 e. The molecule has 2 aromatic rings. The van der Waals surface area contributed by atoms with Crippen LogP contribution >= 0.6 is 0 Å². The number of hydrogen-bond acceptors (Lipinski definition) is 2. The summed E-state index contributed by atoms with van der Waals surface area (Å²) in [6.45, 7) is 0. The quantitative estimate of drug-likeness (QED) is 0.729. The van der Waals surface area contributed by atoms with Crippen LogP contribution in [0.2, 0.25) is 0 Å².